The molecule has 0 aliphatic carbocycles. The molecule has 7 nitrogen and oxygen atoms in total. The summed E-state index contributed by atoms with van der Waals surface area (Å²) in [5, 5.41) is 11.9. The lowest BCUT2D eigenvalue weighted by atomic mass is 9.76. The van der Waals surface area contributed by atoms with Crippen LogP contribution in [-0.4, -0.2) is 54.2 Å². The molecule has 0 saturated carbocycles. The van der Waals surface area contributed by atoms with Gasteiger partial charge in [0.05, 0.1) is 12.5 Å². The molecule has 0 aromatic carbocycles. The molecule has 0 bridgehead atoms. The van der Waals surface area contributed by atoms with Crippen molar-refractivity contribution in [3.8, 4) is 0 Å². The molecule has 114 valence electrons. The Morgan fingerprint density at radius 3 is 2.30 bits per heavy atom. The number of rotatable bonds is 4. The molecule has 0 aromatic heterocycles. The van der Waals surface area contributed by atoms with E-state index in [1.54, 1.807) is 0 Å². The van der Waals surface area contributed by atoms with Crippen molar-refractivity contribution in [1.82, 2.24) is 10.2 Å². The summed E-state index contributed by atoms with van der Waals surface area (Å²) in [7, 11) is 1.25. The molecule has 1 heterocycles. The van der Waals surface area contributed by atoms with Crippen LogP contribution in [0, 0.1) is 11.3 Å². The van der Waals surface area contributed by atoms with Crippen LogP contribution in [0.3, 0.4) is 0 Å². The zero-order valence-electron chi connectivity index (χ0n) is 12.3. The maximum Gasteiger partial charge on any atom is 0.328 e. The Bertz CT molecular complexity index is 410. The van der Waals surface area contributed by atoms with Crippen LogP contribution in [0.25, 0.3) is 0 Å². The standard InChI is InChI=1S/C13H22N2O5/c1-8(2)13(11(17)18)5-6-15(7-13)12(19)14-9(3)10(16)20-4/h8-9H,5-7H2,1-4H3,(H,14,19)(H,17,18). The van der Waals surface area contributed by atoms with Crippen LogP contribution in [-0.2, 0) is 14.3 Å². The summed E-state index contributed by atoms with van der Waals surface area (Å²) in [4.78, 5) is 36.2. The van der Waals surface area contributed by atoms with E-state index in [-0.39, 0.29) is 12.5 Å². The molecule has 0 radical (unpaired) electrons. The zero-order chi connectivity index (χ0) is 15.5. The number of nitrogens with zero attached hydrogens (tertiary/aromatic N) is 1. The van der Waals surface area contributed by atoms with Gasteiger partial charge in [-0.15, -0.1) is 0 Å². The Hall–Kier alpha value is -1.79. The second kappa shape index (κ2) is 6.11. The molecule has 7 heteroatoms. The zero-order valence-corrected chi connectivity index (χ0v) is 12.3. The fourth-order valence-electron chi connectivity index (χ4n) is 2.41. The number of methoxy groups -OCH3 is 1. The van der Waals surface area contributed by atoms with E-state index in [0.717, 1.165) is 0 Å². The van der Waals surface area contributed by atoms with Gasteiger partial charge < -0.3 is 20.1 Å². The molecule has 2 atom stereocenters. The van der Waals surface area contributed by atoms with E-state index >= 15 is 0 Å². The number of esters is 1. The van der Waals surface area contributed by atoms with Crippen molar-refractivity contribution in [3.05, 3.63) is 0 Å². The molecule has 0 spiro atoms. The Morgan fingerprint density at radius 2 is 1.90 bits per heavy atom. The van der Waals surface area contributed by atoms with Gasteiger partial charge in [0, 0.05) is 13.1 Å². The Labute approximate surface area is 118 Å². The van der Waals surface area contributed by atoms with Gasteiger partial charge in [0.1, 0.15) is 6.04 Å². The van der Waals surface area contributed by atoms with Gasteiger partial charge in [-0.1, -0.05) is 13.8 Å². The molecule has 1 saturated heterocycles. The van der Waals surface area contributed by atoms with Gasteiger partial charge >= 0.3 is 18.0 Å². The van der Waals surface area contributed by atoms with Crippen molar-refractivity contribution in [1.29, 1.82) is 0 Å². The van der Waals surface area contributed by atoms with E-state index in [4.69, 9.17) is 0 Å². The van der Waals surface area contributed by atoms with Crippen LogP contribution < -0.4 is 5.32 Å². The number of hydrogen-bond acceptors (Lipinski definition) is 4. The van der Waals surface area contributed by atoms with E-state index in [1.807, 2.05) is 13.8 Å². The minimum absolute atomic E-state index is 0.0733. The smallest absolute Gasteiger partial charge is 0.328 e. The number of likely N-dealkylation sites (tertiary alicyclic amines) is 1. The first-order valence-corrected chi connectivity index (χ1v) is 6.61. The van der Waals surface area contributed by atoms with Gasteiger partial charge in [-0.25, -0.2) is 9.59 Å². The number of hydrogen-bond donors (Lipinski definition) is 2. The third-order valence-electron chi connectivity index (χ3n) is 4.01. The van der Waals surface area contributed by atoms with Gasteiger partial charge in [-0.2, -0.15) is 0 Å². The summed E-state index contributed by atoms with van der Waals surface area (Å²) in [5.41, 5.74) is -0.911. The summed E-state index contributed by atoms with van der Waals surface area (Å²) in [5.74, 6) is -1.49. The third-order valence-corrected chi connectivity index (χ3v) is 4.01. The molecule has 0 aromatic rings. The van der Waals surface area contributed by atoms with Gasteiger partial charge in [-0.3, -0.25) is 4.79 Å². The van der Waals surface area contributed by atoms with Crippen molar-refractivity contribution in [2.45, 2.75) is 33.2 Å². The molecule has 1 aliphatic heterocycles. The molecular formula is C13H22N2O5. The second-order valence-electron chi connectivity index (χ2n) is 5.48. The quantitative estimate of drug-likeness (QED) is 0.741. The summed E-state index contributed by atoms with van der Waals surface area (Å²) >= 11 is 0. The third kappa shape index (κ3) is 3.02. The topological polar surface area (TPSA) is 95.9 Å². The molecule has 1 aliphatic rings. The molecule has 2 amide bonds. The van der Waals surface area contributed by atoms with Crippen LogP contribution in [0.4, 0.5) is 4.79 Å². The van der Waals surface area contributed by atoms with Gasteiger partial charge in [-0.05, 0) is 19.3 Å². The van der Waals surface area contributed by atoms with Gasteiger partial charge in [0.25, 0.3) is 0 Å². The van der Waals surface area contributed by atoms with Crippen molar-refractivity contribution < 1.29 is 24.2 Å². The highest BCUT2D eigenvalue weighted by atomic mass is 16.5. The highest BCUT2D eigenvalue weighted by molar-refractivity contribution is 5.84. The summed E-state index contributed by atoms with van der Waals surface area (Å²) in [6.07, 6.45) is 0.417. The molecule has 2 N–H and O–H groups in total. The van der Waals surface area contributed by atoms with Crippen LogP contribution in [0.2, 0.25) is 0 Å². The molecular weight excluding hydrogens is 264 g/mol. The Kier molecular flexibility index (Phi) is 4.97. The van der Waals surface area contributed by atoms with Crippen molar-refractivity contribution in [3.63, 3.8) is 0 Å². The molecule has 2 unspecified atom stereocenters. The normalized spacial score (nSPS) is 23.6. The number of carboxylic acids is 1. The highest BCUT2D eigenvalue weighted by Crippen LogP contribution is 2.38. The van der Waals surface area contributed by atoms with Gasteiger partial charge in [0.2, 0.25) is 0 Å². The van der Waals surface area contributed by atoms with Crippen LogP contribution in [0.1, 0.15) is 27.2 Å². The van der Waals surface area contributed by atoms with Crippen molar-refractivity contribution >= 4 is 18.0 Å². The van der Waals surface area contributed by atoms with Gasteiger partial charge in [0.15, 0.2) is 0 Å². The van der Waals surface area contributed by atoms with Crippen LogP contribution in [0.15, 0.2) is 0 Å². The number of carboxylic acid groups (broad SMARTS) is 1. The first-order valence-electron chi connectivity index (χ1n) is 6.61. The summed E-state index contributed by atoms with van der Waals surface area (Å²) < 4.78 is 4.53. The second-order valence-corrected chi connectivity index (χ2v) is 5.48. The van der Waals surface area contributed by atoms with Crippen LogP contribution in [0.5, 0.6) is 0 Å². The lowest BCUT2D eigenvalue weighted by Gasteiger charge is -2.28. The SMILES string of the molecule is COC(=O)C(C)NC(=O)N1CCC(C(=O)O)(C(C)C)C1. The number of ether oxygens (including phenoxy) is 1. The van der Waals surface area contributed by atoms with Crippen molar-refractivity contribution in [2.75, 3.05) is 20.2 Å². The lowest BCUT2D eigenvalue weighted by molar-refractivity contribution is -0.150. The van der Waals surface area contributed by atoms with Crippen molar-refractivity contribution in [2.24, 2.45) is 11.3 Å². The molecule has 1 fully saturated rings. The number of amides is 2. The predicted molar refractivity (Wildman–Crippen MR) is 71.1 cm³/mol. The molecule has 1 rings (SSSR count). The number of urea groups is 1. The number of aliphatic carboxylic acids is 1. The first kappa shape index (κ1) is 16.3. The van der Waals surface area contributed by atoms with E-state index in [0.29, 0.717) is 13.0 Å². The monoisotopic (exact) mass is 286 g/mol. The lowest BCUT2D eigenvalue weighted by Crippen LogP contribution is -2.48. The molecule has 20 heavy (non-hydrogen) atoms. The largest absolute Gasteiger partial charge is 0.481 e. The fourth-order valence-corrected chi connectivity index (χ4v) is 2.41. The van der Waals surface area contributed by atoms with E-state index in [1.165, 1.54) is 18.9 Å². The number of nitrogens with one attached hydrogen (secondary N) is 1. The number of carbonyl (C=O) groups is 3. The average molecular weight is 286 g/mol. The fraction of sp³-hybridized carbons (Fsp3) is 0.769. The van der Waals surface area contributed by atoms with Crippen LogP contribution >= 0.6 is 0 Å². The van der Waals surface area contributed by atoms with E-state index in [2.05, 4.69) is 10.1 Å². The van der Waals surface area contributed by atoms with E-state index < -0.39 is 29.4 Å². The minimum atomic E-state index is -0.911. The first-order chi connectivity index (χ1) is 9.24. The minimum Gasteiger partial charge on any atom is -0.481 e. The Balaban J connectivity index is 2.70. The summed E-state index contributed by atoms with van der Waals surface area (Å²) in [6.45, 7) is 5.72. The summed E-state index contributed by atoms with van der Waals surface area (Å²) in [6, 6.07) is -1.20. The predicted octanol–water partition coefficient (Wildman–Crippen LogP) is 0.690. The maximum absolute atomic E-state index is 12.0. The number of carbonyl (C=O) groups excluding carboxylic acids is 2. The Morgan fingerprint density at radius 1 is 1.30 bits per heavy atom. The van der Waals surface area contributed by atoms with E-state index in [9.17, 15) is 19.5 Å². The average Bonchev–Trinajstić information content (AvgIpc) is 2.84. The highest BCUT2D eigenvalue weighted by Gasteiger charge is 2.48. The maximum atomic E-state index is 12.0.